The lowest BCUT2D eigenvalue weighted by Crippen LogP contribution is -2.43. The Balaban J connectivity index is 1.28. The van der Waals surface area contributed by atoms with E-state index in [1.165, 1.54) is 16.8 Å². The van der Waals surface area contributed by atoms with Gasteiger partial charge in [0.25, 0.3) is 0 Å². The summed E-state index contributed by atoms with van der Waals surface area (Å²) in [5, 5.41) is 8.90. The maximum absolute atomic E-state index is 12.5. The maximum atomic E-state index is 12.5. The van der Waals surface area contributed by atoms with Crippen LogP contribution in [0.15, 0.2) is 30.5 Å². The quantitative estimate of drug-likeness (QED) is 0.777. The average Bonchev–Trinajstić information content (AvgIpc) is 2.75. The van der Waals surface area contributed by atoms with Crippen molar-refractivity contribution in [3.8, 4) is 0 Å². The van der Waals surface area contributed by atoms with Crippen molar-refractivity contribution in [2.45, 2.75) is 52.0 Å². The lowest BCUT2D eigenvalue weighted by molar-refractivity contribution is -0.117. The summed E-state index contributed by atoms with van der Waals surface area (Å²) in [6.45, 7) is 6.69. The molecule has 1 aromatic carbocycles. The molecule has 1 saturated heterocycles. The van der Waals surface area contributed by atoms with Gasteiger partial charge in [-0.05, 0) is 67.5 Å². The van der Waals surface area contributed by atoms with E-state index >= 15 is 0 Å². The number of hydrogen-bond donors (Lipinski definition) is 2. The molecular weight excluding hydrogens is 372 g/mol. The summed E-state index contributed by atoms with van der Waals surface area (Å²) in [5.74, 6) is 0.0369. The molecule has 0 radical (unpaired) electrons. The summed E-state index contributed by atoms with van der Waals surface area (Å²) in [6, 6.07) is 8.99. The maximum Gasteiger partial charge on any atom is 0.238 e. The molecule has 5 nitrogen and oxygen atoms in total. The molecule has 30 heavy (non-hydrogen) atoms. The molecule has 2 aliphatic rings. The lowest BCUT2D eigenvalue weighted by Gasteiger charge is -2.33. The first-order chi connectivity index (χ1) is 14.6. The van der Waals surface area contributed by atoms with Gasteiger partial charge in [-0.15, -0.1) is 0 Å². The van der Waals surface area contributed by atoms with E-state index in [0.717, 1.165) is 61.4 Å². The third-order valence-electron chi connectivity index (χ3n) is 6.18. The monoisotopic (exact) mass is 404 g/mol. The largest absolute Gasteiger partial charge is 0.382 e. The highest BCUT2D eigenvalue weighted by Gasteiger charge is 2.21. The van der Waals surface area contributed by atoms with Crippen molar-refractivity contribution in [2.24, 2.45) is 0 Å². The van der Waals surface area contributed by atoms with Gasteiger partial charge in [0.05, 0.1) is 23.8 Å². The molecule has 158 valence electrons. The summed E-state index contributed by atoms with van der Waals surface area (Å²) in [6.07, 6.45) is 11.3. The van der Waals surface area contributed by atoms with Crippen molar-refractivity contribution < 1.29 is 4.79 Å². The predicted octanol–water partition coefficient (Wildman–Crippen LogP) is 2.82. The van der Waals surface area contributed by atoms with Crippen LogP contribution in [0.25, 0.3) is 12.2 Å². The molecule has 2 aromatic rings. The number of pyridine rings is 1. The van der Waals surface area contributed by atoms with Gasteiger partial charge < -0.3 is 10.6 Å². The summed E-state index contributed by atoms with van der Waals surface area (Å²) < 4.78 is 0. The fraction of sp³-hybridized carbons (Fsp3) is 0.440. The SMILES string of the molecule is CCc1c(C)cccc1NC1CCN(CC(=O)Nc2cnc3c(c2)=CCCC=3)CC1. The normalized spacial score (nSPS) is 16.9. The van der Waals surface area contributed by atoms with Crippen LogP contribution in [-0.2, 0) is 11.2 Å². The van der Waals surface area contributed by atoms with Crippen LogP contribution in [0.5, 0.6) is 0 Å². The second-order valence-corrected chi connectivity index (χ2v) is 8.38. The summed E-state index contributed by atoms with van der Waals surface area (Å²) in [4.78, 5) is 19.2. The molecule has 0 bridgehead atoms. The number of hydrogen-bond acceptors (Lipinski definition) is 4. The van der Waals surface area contributed by atoms with Crippen LogP contribution in [0, 0.1) is 6.92 Å². The Morgan fingerprint density at radius 1 is 1.20 bits per heavy atom. The van der Waals surface area contributed by atoms with Crippen LogP contribution in [0.1, 0.15) is 43.7 Å². The van der Waals surface area contributed by atoms with Gasteiger partial charge >= 0.3 is 0 Å². The van der Waals surface area contributed by atoms with Gasteiger partial charge in [0.1, 0.15) is 0 Å². The van der Waals surface area contributed by atoms with Crippen LogP contribution in [-0.4, -0.2) is 41.5 Å². The zero-order valence-corrected chi connectivity index (χ0v) is 18.1. The van der Waals surface area contributed by atoms with Crippen molar-refractivity contribution in [3.05, 3.63) is 52.2 Å². The van der Waals surface area contributed by atoms with E-state index in [9.17, 15) is 4.79 Å². The van der Waals surface area contributed by atoms with Gasteiger partial charge in [-0.2, -0.15) is 0 Å². The van der Waals surface area contributed by atoms with E-state index in [-0.39, 0.29) is 5.91 Å². The Kier molecular flexibility index (Phi) is 6.48. The molecule has 0 atom stereocenters. The first-order valence-corrected chi connectivity index (χ1v) is 11.2. The Hall–Kier alpha value is -2.66. The number of amides is 1. The minimum Gasteiger partial charge on any atom is -0.382 e. The number of anilines is 2. The zero-order valence-electron chi connectivity index (χ0n) is 18.1. The number of nitrogens with one attached hydrogen (secondary N) is 2. The number of carbonyl (C=O) groups excluding carboxylic acids is 1. The first kappa shape index (κ1) is 20.6. The van der Waals surface area contributed by atoms with Gasteiger partial charge in [-0.3, -0.25) is 14.7 Å². The smallest absolute Gasteiger partial charge is 0.238 e. The van der Waals surface area contributed by atoms with Crippen LogP contribution in [0.3, 0.4) is 0 Å². The fourth-order valence-electron chi connectivity index (χ4n) is 4.52. The van der Waals surface area contributed by atoms with Crippen LogP contribution in [0.4, 0.5) is 11.4 Å². The van der Waals surface area contributed by atoms with Crippen molar-refractivity contribution in [3.63, 3.8) is 0 Å². The molecule has 1 aromatic heterocycles. The standard InChI is InChI=1S/C25H32N4O/c1-3-22-18(2)7-6-10-24(22)27-20-11-13-29(14-12-20)17-25(30)28-21-15-19-8-4-5-9-23(19)26-16-21/h6-10,15-16,20,27H,3-5,11-14,17H2,1-2H3,(H,28,30). The number of aromatic nitrogens is 1. The number of carbonyl (C=O) groups is 1. The molecule has 1 amide bonds. The van der Waals surface area contributed by atoms with E-state index in [1.807, 2.05) is 6.07 Å². The van der Waals surface area contributed by atoms with Crippen LogP contribution < -0.4 is 21.2 Å². The van der Waals surface area contributed by atoms with Gasteiger partial charge in [0.15, 0.2) is 0 Å². The third kappa shape index (κ3) is 4.90. The Morgan fingerprint density at radius 2 is 2.00 bits per heavy atom. The second kappa shape index (κ2) is 9.43. The average molecular weight is 405 g/mol. The number of aryl methyl sites for hydroxylation is 1. The minimum absolute atomic E-state index is 0.0369. The number of nitrogens with zero attached hydrogens (tertiary/aromatic N) is 2. The van der Waals surface area contributed by atoms with Gasteiger partial charge in [-0.1, -0.05) is 31.2 Å². The molecule has 1 fully saturated rings. The number of benzene rings is 1. The highest BCUT2D eigenvalue weighted by atomic mass is 16.2. The topological polar surface area (TPSA) is 57.3 Å². The minimum atomic E-state index is 0.0369. The zero-order chi connectivity index (χ0) is 20.9. The third-order valence-corrected chi connectivity index (χ3v) is 6.18. The van der Waals surface area contributed by atoms with E-state index < -0.39 is 0 Å². The van der Waals surface area contributed by atoms with Crippen molar-refractivity contribution in [1.29, 1.82) is 0 Å². The van der Waals surface area contributed by atoms with Crippen LogP contribution in [0.2, 0.25) is 0 Å². The number of piperidine rings is 1. The molecule has 0 saturated carbocycles. The van der Waals surface area contributed by atoms with E-state index in [0.29, 0.717) is 12.6 Å². The molecule has 0 unspecified atom stereocenters. The summed E-state index contributed by atoms with van der Waals surface area (Å²) in [5.41, 5.74) is 4.81. The van der Waals surface area contributed by atoms with Crippen molar-refractivity contribution >= 4 is 29.4 Å². The molecule has 1 aliphatic heterocycles. The molecule has 2 N–H and O–H groups in total. The highest BCUT2D eigenvalue weighted by molar-refractivity contribution is 5.92. The lowest BCUT2D eigenvalue weighted by atomic mass is 10.0. The first-order valence-electron chi connectivity index (χ1n) is 11.2. The van der Waals surface area contributed by atoms with E-state index in [2.05, 4.69) is 64.7 Å². The van der Waals surface area contributed by atoms with Crippen LogP contribution >= 0.6 is 0 Å². The van der Waals surface area contributed by atoms with Gasteiger partial charge in [0.2, 0.25) is 5.91 Å². The fourth-order valence-corrected chi connectivity index (χ4v) is 4.52. The number of likely N-dealkylation sites (tertiary alicyclic amines) is 1. The molecule has 2 heterocycles. The Morgan fingerprint density at radius 3 is 2.80 bits per heavy atom. The van der Waals surface area contributed by atoms with Gasteiger partial charge in [-0.25, -0.2) is 0 Å². The highest BCUT2D eigenvalue weighted by Crippen LogP contribution is 2.23. The molecule has 5 heteroatoms. The number of rotatable bonds is 6. The molecular formula is C25H32N4O. The Bertz CT molecular complexity index is 1020. The molecule has 4 rings (SSSR count). The molecule has 1 aliphatic carbocycles. The number of fused-ring (bicyclic) bond motifs is 1. The Labute approximate surface area is 178 Å². The summed E-state index contributed by atoms with van der Waals surface area (Å²) >= 11 is 0. The van der Waals surface area contributed by atoms with Crippen molar-refractivity contribution in [1.82, 2.24) is 9.88 Å². The predicted molar refractivity (Wildman–Crippen MR) is 124 cm³/mol. The van der Waals surface area contributed by atoms with E-state index in [1.54, 1.807) is 6.20 Å². The van der Waals surface area contributed by atoms with E-state index in [4.69, 9.17) is 0 Å². The second-order valence-electron chi connectivity index (χ2n) is 8.38. The molecule has 0 spiro atoms. The van der Waals surface area contributed by atoms with Gasteiger partial charge in [0, 0.05) is 24.8 Å². The summed E-state index contributed by atoms with van der Waals surface area (Å²) in [7, 11) is 0. The van der Waals surface area contributed by atoms with Crippen molar-refractivity contribution in [2.75, 3.05) is 30.3 Å².